The van der Waals surface area contributed by atoms with Crippen molar-refractivity contribution in [2.45, 2.75) is 20.4 Å². The van der Waals surface area contributed by atoms with Crippen LogP contribution in [0.3, 0.4) is 0 Å². The molecular weight excluding hydrogens is 302 g/mol. The Hall–Kier alpha value is -2.33. The summed E-state index contributed by atoms with van der Waals surface area (Å²) in [6.45, 7) is 5.71. The first-order valence-corrected chi connectivity index (χ1v) is 8.11. The lowest BCUT2D eigenvalue weighted by Gasteiger charge is -2.22. The highest BCUT2D eigenvalue weighted by Crippen LogP contribution is 2.16. The van der Waals surface area contributed by atoms with Gasteiger partial charge in [0.2, 0.25) is 0 Å². The fraction of sp³-hybridized carbons (Fsp3) is 0.350. The van der Waals surface area contributed by atoms with Crippen molar-refractivity contribution in [3.05, 3.63) is 65.2 Å². The molecule has 0 heterocycles. The van der Waals surface area contributed by atoms with E-state index in [2.05, 4.69) is 6.92 Å². The molecule has 1 amide bonds. The maximum atomic E-state index is 12.5. The molecule has 0 bridgehead atoms. The van der Waals surface area contributed by atoms with Gasteiger partial charge < -0.3 is 14.4 Å². The SMILES string of the molecule is COCCN(Cc1ccccc1)C(=O)COc1ccc(C)c(C)c1. The van der Waals surface area contributed by atoms with E-state index >= 15 is 0 Å². The number of nitrogens with zero attached hydrogens (tertiary/aromatic N) is 1. The minimum absolute atomic E-state index is 0.0268. The maximum Gasteiger partial charge on any atom is 0.260 e. The Kier molecular flexibility index (Phi) is 6.82. The zero-order valence-electron chi connectivity index (χ0n) is 14.6. The third-order valence-corrected chi connectivity index (χ3v) is 3.97. The lowest BCUT2D eigenvalue weighted by molar-refractivity contribution is -0.134. The molecule has 0 saturated heterocycles. The molecular formula is C20H25NO3. The molecule has 0 aromatic heterocycles. The predicted molar refractivity (Wildman–Crippen MR) is 95.1 cm³/mol. The summed E-state index contributed by atoms with van der Waals surface area (Å²) in [4.78, 5) is 14.3. The second-order valence-corrected chi connectivity index (χ2v) is 5.83. The van der Waals surface area contributed by atoms with Crippen LogP contribution in [0.2, 0.25) is 0 Å². The third kappa shape index (κ3) is 5.39. The van der Waals surface area contributed by atoms with Crippen LogP contribution in [0, 0.1) is 13.8 Å². The van der Waals surface area contributed by atoms with E-state index in [1.807, 2.05) is 55.5 Å². The van der Waals surface area contributed by atoms with Crippen LogP contribution >= 0.6 is 0 Å². The van der Waals surface area contributed by atoms with E-state index in [1.165, 1.54) is 5.56 Å². The van der Waals surface area contributed by atoms with Gasteiger partial charge in [-0.15, -0.1) is 0 Å². The number of aryl methyl sites for hydroxylation is 2. The van der Waals surface area contributed by atoms with Gasteiger partial charge in [-0.2, -0.15) is 0 Å². The van der Waals surface area contributed by atoms with Gasteiger partial charge in [0.15, 0.2) is 6.61 Å². The van der Waals surface area contributed by atoms with Gasteiger partial charge in [-0.3, -0.25) is 4.79 Å². The average molecular weight is 327 g/mol. The third-order valence-electron chi connectivity index (χ3n) is 3.97. The Bertz CT molecular complexity index is 655. The number of amides is 1. The van der Waals surface area contributed by atoms with Gasteiger partial charge in [-0.25, -0.2) is 0 Å². The average Bonchev–Trinajstić information content (AvgIpc) is 2.60. The van der Waals surface area contributed by atoms with Crippen molar-refractivity contribution < 1.29 is 14.3 Å². The van der Waals surface area contributed by atoms with E-state index in [9.17, 15) is 4.79 Å². The van der Waals surface area contributed by atoms with Gasteiger partial charge in [-0.1, -0.05) is 36.4 Å². The molecule has 2 rings (SSSR count). The van der Waals surface area contributed by atoms with Crippen molar-refractivity contribution in [3.63, 3.8) is 0 Å². The minimum atomic E-state index is -0.0471. The second kappa shape index (κ2) is 9.08. The first-order chi connectivity index (χ1) is 11.6. The van der Waals surface area contributed by atoms with Crippen LogP contribution in [-0.2, 0) is 16.1 Å². The summed E-state index contributed by atoms with van der Waals surface area (Å²) in [6, 6.07) is 15.8. The summed E-state index contributed by atoms with van der Waals surface area (Å²) >= 11 is 0. The number of hydrogen-bond donors (Lipinski definition) is 0. The Morgan fingerprint density at radius 1 is 1.04 bits per heavy atom. The highest BCUT2D eigenvalue weighted by Gasteiger charge is 2.14. The van der Waals surface area contributed by atoms with Crippen molar-refractivity contribution in [3.8, 4) is 5.75 Å². The van der Waals surface area contributed by atoms with E-state index in [4.69, 9.17) is 9.47 Å². The number of rotatable bonds is 8. The normalized spacial score (nSPS) is 10.5. The molecule has 128 valence electrons. The van der Waals surface area contributed by atoms with Crippen molar-refractivity contribution >= 4 is 5.91 Å². The Morgan fingerprint density at radius 2 is 1.79 bits per heavy atom. The smallest absolute Gasteiger partial charge is 0.260 e. The number of carbonyl (C=O) groups excluding carboxylic acids is 1. The number of hydrogen-bond acceptors (Lipinski definition) is 3. The summed E-state index contributed by atoms with van der Waals surface area (Å²) in [6.07, 6.45) is 0. The highest BCUT2D eigenvalue weighted by molar-refractivity contribution is 5.77. The van der Waals surface area contributed by atoms with Crippen LogP contribution in [0.25, 0.3) is 0 Å². The number of ether oxygens (including phenoxy) is 2. The van der Waals surface area contributed by atoms with Crippen LogP contribution in [0.1, 0.15) is 16.7 Å². The molecule has 24 heavy (non-hydrogen) atoms. The van der Waals surface area contributed by atoms with E-state index in [-0.39, 0.29) is 12.5 Å². The van der Waals surface area contributed by atoms with E-state index in [0.29, 0.717) is 19.7 Å². The molecule has 0 atom stereocenters. The molecule has 0 aliphatic heterocycles. The van der Waals surface area contributed by atoms with Crippen LogP contribution in [0.4, 0.5) is 0 Å². The van der Waals surface area contributed by atoms with E-state index in [0.717, 1.165) is 16.9 Å². The van der Waals surface area contributed by atoms with Crippen molar-refractivity contribution in [1.29, 1.82) is 0 Å². The number of benzene rings is 2. The molecule has 0 saturated carbocycles. The van der Waals surface area contributed by atoms with Gasteiger partial charge in [0.25, 0.3) is 5.91 Å². The first-order valence-electron chi connectivity index (χ1n) is 8.11. The number of methoxy groups -OCH3 is 1. The largest absolute Gasteiger partial charge is 0.484 e. The molecule has 0 aliphatic rings. The minimum Gasteiger partial charge on any atom is -0.484 e. The van der Waals surface area contributed by atoms with Crippen molar-refractivity contribution in [2.75, 3.05) is 26.9 Å². The molecule has 0 fully saturated rings. The Labute approximate surface area is 144 Å². The topological polar surface area (TPSA) is 38.8 Å². The predicted octanol–water partition coefficient (Wildman–Crippen LogP) is 3.36. The molecule has 0 spiro atoms. The fourth-order valence-electron chi connectivity index (χ4n) is 2.34. The fourth-order valence-corrected chi connectivity index (χ4v) is 2.34. The molecule has 0 aliphatic carbocycles. The monoisotopic (exact) mass is 327 g/mol. The highest BCUT2D eigenvalue weighted by atomic mass is 16.5. The van der Waals surface area contributed by atoms with Crippen LogP contribution < -0.4 is 4.74 Å². The van der Waals surface area contributed by atoms with Gasteiger partial charge in [0, 0.05) is 20.2 Å². The zero-order valence-corrected chi connectivity index (χ0v) is 14.6. The lowest BCUT2D eigenvalue weighted by atomic mass is 10.1. The summed E-state index contributed by atoms with van der Waals surface area (Å²) in [5, 5.41) is 0. The van der Waals surface area contributed by atoms with E-state index < -0.39 is 0 Å². The van der Waals surface area contributed by atoms with Crippen LogP contribution in [-0.4, -0.2) is 37.7 Å². The van der Waals surface area contributed by atoms with Gasteiger partial charge in [0.05, 0.1) is 6.61 Å². The van der Waals surface area contributed by atoms with Crippen molar-refractivity contribution in [1.82, 2.24) is 4.90 Å². The Morgan fingerprint density at radius 3 is 2.46 bits per heavy atom. The Balaban J connectivity index is 1.97. The molecule has 0 radical (unpaired) electrons. The van der Waals surface area contributed by atoms with Gasteiger partial charge >= 0.3 is 0 Å². The molecule has 2 aromatic carbocycles. The lowest BCUT2D eigenvalue weighted by Crippen LogP contribution is -2.36. The zero-order chi connectivity index (χ0) is 17.4. The van der Waals surface area contributed by atoms with Crippen LogP contribution in [0.15, 0.2) is 48.5 Å². The van der Waals surface area contributed by atoms with Crippen LogP contribution in [0.5, 0.6) is 5.75 Å². The molecule has 2 aromatic rings. The van der Waals surface area contributed by atoms with Gasteiger partial charge in [0.1, 0.15) is 5.75 Å². The molecule has 4 heteroatoms. The summed E-state index contributed by atoms with van der Waals surface area (Å²) < 4.78 is 10.8. The summed E-state index contributed by atoms with van der Waals surface area (Å²) in [7, 11) is 1.64. The second-order valence-electron chi connectivity index (χ2n) is 5.83. The quantitative estimate of drug-likeness (QED) is 0.746. The van der Waals surface area contributed by atoms with Crippen molar-refractivity contribution in [2.24, 2.45) is 0 Å². The van der Waals surface area contributed by atoms with Gasteiger partial charge in [-0.05, 0) is 42.7 Å². The molecule has 0 unspecified atom stereocenters. The number of carbonyl (C=O) groups is 1. The molecule has 0 N–H and O–H groups in total. The molecule has 4 nitrogen and oxygen atoms in total. The standard InChI is InChI=1S/C20H25NO3/c1-16-9-10-19(13-17(16)2)24-15-20(22)21(11-12-23-3)14-18-7-5-4-6-8-18/h4-10,13H,11-12,14-15H2,1-3H3. The van der Waals surface area contributed by atoms with E-state index in [1.54, 1.807) is 12.0 Å². The summed E-state index contributed by atoms with van der Waals surface area (Å²) in [5.74, 6) is 0.673. The summed E-state index contributed by atoms with van der Waals surface area (Å²) in [5.41, 5.74) is 3.45. The maximum absolute atomic E-state index is 12.5. The first kappa shape index (κ1) is 18.0.